The van der Waals surface area contributed by atoms with Crippen molar-refractivity contribution in [3.63, 3.8) is 0 Å². The van der Waals surface area contributed by atoms with Gasteiger partial charge in [0.25, 0.3) is 11.8 Å². The predicted octanol–water partition coefficient (Wildman–Crippen LogP) is 2.12. The number of piperazine rings is 1. The van der Waals surface area contributed by atoms with Gasteiger partial charge in [0, 0.05) is 51.7 Å². The van der Waals surface area contributed by atoms with E-state index in [-0.39, 0.29) is 11.8 Å². The highest BCUT2D eigenvalue weighted by Gasteiger charge is 2.23. The molecule has 2 heterocycles. The SMILES string of the molecule is CCCN(CCC)C(=O)c1cncc(C(=O)N2CCN(CC)CC2)c1. The van der Waals surface area contributed by atoms with Crippen LogP contribution in [0.15, 0.2) is 18.5 Å². The van der Waals surface area contributed by atoms with Crippen LogP contribution in [0.25, 0.3) is 0 Å². The smallest absolute Gasteiger partial charge is 0.255 e. The molecule has 138 valence electrons. The van der Waals surface area contributed by atoms with Gasteiger partial charge in [-0.05, 0) is 25.5 Å². The Morgan fingerprint density at radius 2 is 1.60 bits per heavy atom. The zero-order valence-electron chi connectivity index (χ0n) is 15.7. The maximum absolute atomic E-state index is 12.7. The first-order valence-corrected chi connectivity index (χ1v) is 9.36. The third-order valence-electron chi connectivity index (χ3n) is 4.61. The van der Waals surface area contributed by atoms with Crippen molar-refractivity contribution in [2.75, 3.05) is 45.8 Å². The van der Waals surface area contributed by atoms with Crippen molar-refractivity contribution in [3.05, 3.63) is 29.6 Å². The molecule has 1 aromatic rings. The van der Waals surface area contributed by atoms with Crippen LogP contribution in [-0.2, 0) is 0 Å². The average molecular weight is 346 g/mol. The van der Waals surface area contributed by atoms with E-state index in [4.69, 9.17) is 0 Å². The van der Waals surface area contributed by atoms with Crippen molar-refractivity contribution >= 4 is 11.8 Å². The normalized spacial score (nSPS) is 15.2. The zero-order valence-corrected chi connectivity index (χ0v) is 15.7. The van der Waals surface area contributed by atoms with Gasteiger partial charge >= 0.3 is 0 Å². The maximum Gasteiger partial charge on any atom is 0.255 e. The first-order chi connectivity index (χ1) is 12.1. The molecular weight excluding hydrogens is 316 g/mol. The highest BCUT2D eigenvalue weighted by Crippen LogP contribution is 2.12. The summed E-state index contributed by atoms with van der Waals surface area (Å²) in [6.07, 6.45) is 4.96. The Morgan fingerprint density at radius 3 is 2.16 bits per heavy atom. The lowest BCUT2D eigenvalue weighted by atomic mass is 10.1. The number of hydrogen-bond donors (Lipinski definition) is 0. The van der Waals surface area contributed by atoms with Gasteiger partial charge in [0.1, 0.15) is 0 Å². The fraction of sp³-hybridized carbons (Fsp3) is 0.632. The lowest BCUT2D eigenvalue weighted by Gasteiger charge is -2.34. The van der Waals surface area contributed by atoms with Gasteiger partial charge in [0.2, 0.25) is 0 Å². The number of rotatable bonds is 7. The molecule has 1 saturated heterocycles. The molecule has 1 aliphatic rings. The Bertz CT molecular complexity index is 577. The molecule has 0 saturated carbocycles. The van der Waals surface area contributed by atoms with Gasteiger partial charge in [-0.15, -0.1) is 0 Å². The summed E-state index contributed by atoms with van der Waals surface area (Å²) in [5.41, 5.74) is 1.00. The van der Waals surface area contributed by atoms with Gasteiger partial charge < -0.3 is 14.7 Å². The van der Waals surface area contributed by atoms with E-state index in [1.807, 2.05) is 9.80 Å². The summed E-state index contributed by atoms with van der Waals surface area (Å²) in [6, 6.07) is 1.70. The van der Waals surface area contributed by atoms with Crippen molar-refractivity contribution in [3.8, 4) is 0 Å². The van der Waals surface area contributed by atoms with Gasteiger partial charge in [0.05, 0.1) is 11.1 Å². The molecule has 0 N–H and O–H groups in total. The van der Waals surface area contributed by atoms with Crippen LogP contribution in [0.3, 0.4) is 0 Å². The van der Waals surface area contributed by atoms with Gasteiger partial charge in [0.15, 0.2) is 0 Å². The number of nitrogens with zero attached hydrogens (tertiary/aromatic N) is 4. The minimum Gasteiger partial charge on any atom is -0.339 e. The molecule has 0 atom stereocenters. The molecule has 0 aromatic carbocycles. The minimum absolute atomic E-state index is 0.0320. The first-order valence-electron chi connectivity index (χ1n) is 9.36. The van der Waals surface area contributed by atoms with Crippen molar-refractivity contribution in [2.45, 2.75) is 33.6 Å². The highest BCUT2D eigenvalue weighted by atomic mass is 16.2. The number of hydrogen-bond acceptors (Lipinski definition) is 4. The van der Waals surface area contributed by atoms with Crippen LogP contribution in [0.2, 0.25) is 0 Å². The monoisotopic (exact) mass is 346 g/mol. The Kier molecular flexibility index (Phi) is 7.37. The lowest BCUT2D eigenvalue weighted by Crippen LogP contribution is -2.48. The van der Waals surface area contributed by atoms with Crippen LogP contribution in [-0.4, -0.2) is 77.3 Å². The molecule has 6 nitrogen and oxygen atoms in total. The molecule has 0 aliphatic carbocycles. The van der Waals surface area contributed by atoms with Crippen molar-refractivity contribution in [1.29, 1.82) is 0 Å². The first kappa shape index (κ1) is 19.4. The summed E-state index contributed by atoms with van der Waals surface area (Å²) in [4.78, 5) is 35.6. The van der Waals surface area contributed by atoms with E-state index < -0.39 is 0 Å². The summed E-state index contributed by atoms with van der Waals surface area (Å²) in [6.45, 7) is 12.0. The molecule has 0 spiro atoms. The Balaban J connectivity index is 2.09. The van der Waals surface area contributed by atoms with E-state index in [1.54, 1.807) is 18.5 Å². The predicted molar refractivity (Wildman–Crippen MR) is 98.7 cm³/mol. The summed E-state index contributed by atoms with van der Waals surface area (Å²) < 4.78 is 0. The van der Waals surface area contributed by atoms with Crippen molar-refractivity contribution in [1.82, 2.24) is 19.7 Å². The van der Waals surface area contributed by atoms with Crippen LogP contribution in [0.1, 0.15) is 54.3 Å². The van der Waals surface area contributed by atoms with E-state index in [0.29, 0.717) is 11.1 Å². The Hall–Kier alpha value is -1.95. The number of carbonyl (C=O) groups is 2. The van der Waals surface area contributed by atoms with Gasteiger partial charge in [-0.1, -0.05) is 20.8 Å². The van der Waals surface area contributed by atoms with E-state index in [2.05, 4.69) is 30.7 Å². The average Bonchev–Trinajstić information content (AvgIpc) is 2.67. The standard InChI is InChI=1S/C19H30N4O2/c1-4-7-22(8-5-2)18(24)16-13-17(15-20-14-16)19(25)23-11-9-21(6-3)10-12-23/h13-15H,4-12H2,1-3H3. The lowest BCUT2D eigenvalue weighted by molar-refractivity contribution is 0.0643. The second-order valence-corrected chi connectivity index (χ2v) is 6.48. The molecular formula is C19H30N4O2. The molecule has 1 aromatic heterocycles. The Morgan fingerprint density at radius 1 is 1.00 bits per heavy atom. The van der Waals surface area contributed by atoms with Crippen LogP contribution >= 0.6 is 0 Å². The number of likely N-dealkylation sites (N-methyl/N-ethyl adjacent to an activating group) is 1. The van der Waals surface area contributed by atoms with Gasteiger partial charge in [-0.25, -0.2) is 0 Å². The van der Waals surface area contributed by atoms with Crippen LogP contribution < -0.4 is 0 Å². The van der Waals surface area contributed by atoms with Crippen LogP contribution in [0.4, 0.5) is 0 Å². The van der Waals surface area contributed by atoms with Gasteiger partial charge in [-0.2, -0.15) is 0 Å². The number of pyridine rings is 1. The van der Waals surface area contributed by atoms with Crippen molar-refractivity contribution < 1.29 is 9.59 Å². The molecule has 0 radical (unpaired) electrons. The fourth-order valence-electron chi connectivity index (χ4n) is 3.16. The highest BCUT2D eigenvalue weighted by molar-refractivity contribution is 5.99. The quantitative estimate of drug-likeness (QED) is 0.759. The topological polar surface area (TPSA) is 56.8 Å². The summed E-state index contributed by atoms with van der Waals surface area (Å²) in [7, 11) is 0. The maximum atomic E-state index is 12.7. The zero-order chi connectivity index (χ0) is 18.2. The van der Waals surface area contributed by atoms with Crippen LogP contribution in [0, 0.1) is 0 Å². The van der Waals surface area contributed by atoms with E-state index in [1.165, 1.54) is 0 Å². The molecule has 0 bridgehead atoms. The van der Waals surface area contributed by atoms with E-state index in [9.17, 15) is 9.59 Å². The third kappa shape index (κ3) is 5.01. The fourth-order valence-corrected chi connectivity index (χ4v) is 3.16. The van der Waals surface area contributed by atoms with E-state index >= 15 is 0 Å². The minimum atomic E-state index is -0.0401. The van der Waals surface area contributed by atoms with Gasteiger partial charge in [-0.3, -0.25) is 14.6 Å². The molecule has 6 heteroatoms. The second kappa shape index (κ2) is 9.51. The summed E-state index contributed by atoms with van der Waals surface area (Å²) >= 11 is 0. The third-order valence-corrected chi connectivity index (χ3v) is 4.61. The summed E-state index contributed by atoms with van der Waals surface area (Å²) in [5.74, 6) is -0.0721. The second-order valence-electron chi connectivity index (χ2n) is 6.48. The van der Waals surface area contributed by atoms with E-state index in [0.717, 1.165) is 58.7 Å². The largest absolute Gasteiger partial charge is 0.339 e. The van der Waals surface area contributed by atoms with Crippen LogP contribution in [0.5, 0.6) is 0 Å². The number of amides is 2. The molecule has 25 heavy (non-hydrogen) atoms. The Labute approximate surface area is 150 Å². The molecule has 1 fully saturated rings. The molecule has 2 rings (SSSR count). The van der Waals surface area contributed by atoms with Crippen molar-refractivity contribution in [2.24, 2.45) is 0 Å². The molecule has 2 amide bonds. The molecule has 1 aliphatic heterocycles. The summed E-state index contributed by atoms with van der Waals surface area (Å²) in [5, 5.41) is 0. The molecule has 0 unspecified atom stereocenters. The number of carbonyl (C=O) groups excluding carboxylic acids is 2. The number of aromatic nitrogens is 1.